The Morgan fingerprint density at radius 3 is 2.84 bits per heavy atom. The van der Waals surface area contributed by atoms with Crippen molar-refractivity contribution in [3.8, 4) is 18.1 Å². The molecular weight excluding hydrogens is 242 g/mol. The molecule has 0 heterocycles. The maximum Gasteiger partial charge on any atom is 0.337 e. The van der Waals surface area contributed by atoms with Crippen LogP contribution in [0.25, 0.3) is 0 Å². The van der Waals surface area contributed by atoms with Crippen molar-refractivity contribution >= 4 is 11.7 Å². The number of hydrogen-bond donors (Lipinski definition) is 1. The fourth-order valence-corrected chi connectivity index (χ4v) is 2.05. The van der Waals surface area contributed by atoms with E-state index in [1.54, 1.807) is 25.3 Å². The summed E-state index contributed by atoms with van der Waals surface area (Å²) in [5, 5.41) is 9.28. The summed E-state index contributed by atoms with van der Waals surface area (Å²) in [7, 11) is 1.56. The molecule has 100 valence electrons. The Balaban J connectivity index is 2.36. The summed E-state index contributed by atoms with van der Waals surface area (Å²) in [6, 6.07) is 4.95. The molecule has 0 aromatic heterocycles. The number of ether oxygens (including phenoxy) is 1. The topological polar surface area (TPSA) is 49.8 Å². The van der Waals surface area contributed by atoms with Crippen molar-refractivity contribution < 1.29 is 14.6 Å². The van der Waals surface area contributed by atoms with Gasteiger partial charge in [-0.25, -0.2) is 4.79 Å². The van der Waals surface area contributed by atoms with Crippen LogP contribution in [-0.2, 0) is 0 Å². The molecule has 0 saturated heterocycles. The highest BCUT2D eigenvalue weighted by Gasteiger charge is 2.26. The van der Waals surface area contributed by atoms with Gasteiger partial charge in [-0.1, -0.05) is 5.92 Å². The Labute approximate surface area is 113 Å². The quantitative estimate of drug-likeness (QED) is 0.796. The minimum absolute atomic E-state index is 0.261. The van der Waals surface area contributed by atoms with Crippen molar-refractivity contribution in [2.45, 2.75) is 12.8 Å². The number of hydrogen-bond acceptors (Lipinski definition) is 3. The highest BCUT2D eigenvalue weighted by molar-refractivity contribution is 5.95. The van der Waals surface area contributed by atoms with Gasteiger partial charge in [0.1, 0.15) is 5.75 Å². The van der Waals surface area contributed by atoms with Crippen molar-refractivity contribution in [1.29, 1.82) is 0 Å². The Morgan fingerprint density at radius 1 is 1.58 bits per heavy atom. The number of nitrogens with zero attached hydrogens (tertiary/aromatic N) is 1. The summed E-state index contributed by atoms with van der Waals surface area (Å²) in [6.45, 7) is 1.21. The highest BCUT2D eigenvalue weighted by atomic mass is 16.5. The van der Waals surface area contributed by atoms with Crippen molar-refractivity contribution in [3.63, 3.8) is 0 Å². The smallest absolute Gasteiger partial charge is 0.337 e. The molecule has 0 amide bonds. The summed E-state index contributed by atoms with van der Waals surface area (Å²) < 4.78 is 5.17. The molecule has 0 unspecified atom stereocenters. The molecule has 1 saturated carbocycles. The van der Waals surface area contributed by atoms with Gasteiger partial charge in [0, 0.05) is 12.6 Å². The maximum atomic E-state index is 11.3. The number of anilines is 1. The number of carboxylic acid groups (broad SMARTS) is 1. The van der Waals surface area contributed by atoms with Crippen LogP contribution in [0, 0.1) is 18.3 Å². The molecule has 0 aliphatic heterocycles. The standard InChI is InChI=1S/C15H17NO3/c1-3-8-16(10-11-4-5-11)14-9-12(19-2)6-7-13(14)15(17)18/h1,6-7,9,11H,4-5,8,10H2,2H3,(H,17,18). The van der Waals surface area contributed by atoms with Gasteiger partial charge in [-0.3, -0.25) is 0 Å². The molecule has 0 bridgehead atoms. The lowest BCUT2D eigenvalue weighted by Gasteiger charge is -2.24. The number of terminal acetylenes is 1. The second kappa shape index (κ2) is 5.66. The molecule has 1 aliphatic rings. The maximum absolute atomic E-state index is 11.3. The number of methoxy groups -OCH3 is 1. The second-order valence-electron chi connectivity index (χ2n) is 4.72. The molecule has 4 nitrogen and oxygen atoms in total. The van der Waals surface area contributed by atoms with Crippen LogP contribution in [-0.4, -0.2) is 31.3 Å². The third kappa shape index (κ3) is 3.19. The van der Waals surface area contributed by atoms with Gasteiger partial charge in [0.25, 0.3) is 0 Å². The normalized spacial score (nSPS) is 13.7. The number of aromatic carboxylic acids is 1. The monoisotopic (exact) mass is 259 g/mol. The zero-order chi connectivity index (χ0) is 13.8. The van der Waals surface area contributed by atoms with E-state index in [2.05, 4.69) is 5.92 Å². The van der Waals surface area contributed by atoms with Crippen LogP contribution in [0.5, 0.6) is 5.75 Å². The van der Waals surface area contributed by atoms with Crippen LogP contribution in [0.15, 0.2) is 18.2 Å². The third-order valence-corrected chi connectivity index (χ3v) is 3.23. The number of rotatable bonds is 6. The lowest BCUT2D eigenvalue weighted by atomic mass is 10.1. The van der Waals surface area contributed by atoms with Gasteiger partial charge in [-0.05, 0) is 30.9 Å². The van der Waals surface area contributed by atoms with Crippen LogP contribution < -0.4 is 9.64 Å². The van der Waals surface area contributed by atoms with E-state index in [0.29, 0.717) is 23.9 Å². The van der Waals surface area contributed by atoms with Gasteiger partial charge in [0.15, 0.2) is 0 Å². The largest absolute Gasteiger partial charge is 0.497 e. The molecule has 1 N–H and O–H groups in total. The molecule has 1 aliphatic carbocycles. The molecule has 4 heteroatoms. The summed E-state index contributed by atoms with van der Waals surface area (Å²) >= 11 is 0. The van der Waals surface area contributed by atoms with Gasteiger partial charge in [-0.15, -0.1) is 6.42 Å². The Bertz CT molecular complexity index is 515. The van der Waals surface area contributed by atoms with Gasteiger partial charge in [0.2, 0.25) is 0 Å². The van der Waals surface area contributed by atoms with Gasteiger partial charge < -0.3 is 14.7 Å². The van der Waals surface area contributed by atoms with Crippen LogP contribution in [0.1, 0.15) is 23.2 Å². The first-order chi connectivity index (χ1) is 9.15. The van der Waals surface area contributed by atoms with E-state index in [0.717, 1.165) is 6.54 Å². The van der Waals surface area contributed by atoms with E-state index in [1.807, 2.05) is 4.90 Å². The Morgan fingerprint density at radius 2 is 2.32 bits per heavy atom. The Hall–Kier alpha value is -2.15. The predicted molar refractivity (Wildman–Crippen MR) is 73.7 cm³/mol. The van der Waals surface area contributed by atoms with E-state index < -0.39 is 5.97 Å². The minimum atomic E-state index is -0.949. The van der Waals surface area contributed by atoms with Gasteiger partial charge >= 0.3 is 5.97 Å². The van der Waals surface area contributed by atoms with E-state index in [1.165, 1.54) is 12.8 Å². The van der Waals surface area contributed by atoms with Crippen molar-refractivity contribution in [1.82, 2.24) is 0 Å². The third-order valence-electron chi connectivity index (χ3n) is 3.23. The minimum Gasteiger partial charge on any atom is -0.497 e. The molecule has 2 rings (SSSR count). The fraction of sp³-hybridized carbons (Fsp3) is 0.400. The number of benzene rings is 1. The lowest BCUT2D eigenvalue weighted by molar-refractivity contribution is 0.0697. The molecule has 0 spiro atoms. The average Bonchev–Trinajstić information content (AvgIpc) is 3.21. The molecule has 1 fully saturated rings. The molecule has 0 atom stereocenters. The summed E-state index contributed by atoms with van der Waals surface area (Å²) in [5.74, 6) is 2.91. The molecule has 1 aromatic carbocycles. The molecular formula is C15H17NO3. The SMILES string of the molecule is C#CCN(CC1CC1)c1cc(OC)ccc1C(=O)O. The van der Waals surface area contributed by atoms with Gasteiger partial charge in [-0.2, -0.15) is 0 Å². The van der Waals surface area contributed by atoms with Crippen molar-refractivity contribution in [2.24, 2.45) is 5.92 Å². The summed E-state index contributed by atoms with van der Waals surface area (Å²) in [6.07, 6.45) is 7.77. The summed E-state index contributed by atoms with van der Waals surface area (Å²) in [5.41, 5.74) is 0.897. The highest BCUT2D eigenvalue weighted by Crippen LogP contribution is 2.33. The Kier molecular flexibility index (Phi) is 3.96. The summed E-state index contributed by atoms with van der Waals surface area (Å²) in [4.78, 5) is 13.3. The van der Waals surface area contributed by atoms with E-state index in [9.17, 15) is 9.90 Å². The van der Waals surface area contributed by atoms with Crippen LogP contribution in [0.4, 0.5) is 5.69 Å². The van der Waals surface area contributed by atoms with Crippen LogP contribution in [0.2, 0.25) is 0 Å². The molecule has 19 heavy (non-hydrogen) atoms. The molecule has 0 radical (unpaired) electrons. The molecule has 1 aromatic rings. The van der Waals surface area contributed by atoms with Gasteiger partial charge in [0.05, 0.1) is 24.9 Å². The first-order valence-electron chi connectivity index (χ1n) is 6.25. The second-order valence-corrected chi connectivity index (χ2v) is 4.72. The first-order valence-corrected chi connectivity index (χ1v) is 6.25. The predicted octanol–water partition coefficient (Wildman–Crippen LogP) is 2.24. The number of carbonyl (C=O) groups is 1. The first kappa shape index (κ1) is 13.3. The van der Waals surface area contributed by atoms with E-state index in [4.69, 9.17) is 11.2 Å². The van der Waals surface area contributed by atoms with E-state index >= 15 is 0 Å². The van der Waals surface area contributed by atoms with E-state index in [-0.39, 0.29) is 5.56 Å². The van der Waals surface area contributed by atoms with Crippen LogP contribution >= 0.6 is 0 Å². The zero-order valence-electron chi connectivity index (χ0n) is 10.9. The van der Waals surface area contributed by atoms with Crippen LogP contribution in [0.3, 0.4) is 0 Å². The average molecular weight is 259 g/mol. The zero-order valence-corrected chi connectivity index (χ0v) is 10.9. The lowest BCUT2D eigenvalue weighted by Crippen LogP contribution is -2.27. The van der Waals surface area contributed by atoms with Crippen molar-refractivity contribution in [2.75, 3.05) is 25.1 Å². The van der Waals surface area contributed by atoms with Crippen molar-refractivity contribution in [3.05, 3.63) is 23.8 Å². The fourth-order valence-electron chi connectivity index (χ4n) is 2.05. The number of carboxylic acids is 1.